The van der Waals surface area contributed by atoms with Crippen molar-refractivity contribution in [2.45, 2.75) is 32.2 Å². The van der Waals surface area contributed by atoms with E-state index < -0.39 is 11.9 Å². The van der Waals surface area contributed by atoms with Gasteiger partial charge in [-0.3, -0.25) is 4.79 Å². The van der Waals surface area contributed by atoms with Gasteiger partial charge < -0.3 is 10.1 Å². The van der Waals surface area contributed by atoms with Gasteiger partial charge in [-0.15, -0.1) is 0 Å². The Hall–Kier alpha value is -2.09. The molecule has 0 heterocycles. The molecule has 0 aromatic heterocycles. The molecule has 4 nitrogen and oxygen atoms in total. The van der Waals surface area contributed by atoms with Crippen molar-refractivity contribution >= 4 is 5.91 Å². The summed E-state index contributed by atoms with van der Waals surface area (Å²) < 4.78 is 18.4. The zero-order chi connectivity index (χ0) is 14.1. The highest BCUT2D eigenvalue weighted by Crippen LogP contribution is 2.15. The van der Waals surface area contributed by atoms with E-state index in [-0.39, 0.29) is 24.7 Å². The van der Waals surface area contributed by atoms with Crippen LogP contribution < -0.4 is 10.1 Å². The molecule has 5 heteroatoms. The SMILES string of the molecule is CC[C@@H](C#N)NC(=O)CCCOc1ccccc1F. The molecule has 1 aromatic carbocycles. The number of rotatable bonds is 7. The number of hydrogen-bond acceptors (Lipinski definition) is 3. The number of benzene rings is 1. The van der Waals surface area contributed by atoms with Gasteiger partial charge in [0.05, 0.1) is 12.7 Å². The smallest absolute Gasteiger partial charge is 0.221 e. The van der Waals surface area contributed by atoms with Crippen LogP contribution in [-0.4, -0.2) is 18.6 Å². The van der Waals surface area contributed by atoms with Gasteiger partial charge in [0.2, 0.25) is 5.91 Å². The highest BCUT2D eigenvalue weighted by atomic mass is 19.1. The Morgan fingerprint density at radius 3 is 2.89 bits per heavy atom. The summed E-state index contributed by atoms with van der Waals surface area (Å²) in [6.45, 7) is 2.09. The Kier molecular flexibility index (Phi) is 6.37. The molecule has 1 rings (SSSR count). The first-order chi connectivity index (χ1) is 9.17. The highest BCUT2D eigenvalue weighted by Gasteiger charge is 2.08. The average molecular weight is 264 g/mol. The maximum absolute atomic E-state index is 13.2. The van der Waals surface area contributed by atoms with E-state index in [1.807, 2.05) is 13.0 Å². The van der Waals surface area contributed by atoms with Crippen LogP contribution in [0.3, 0.4) is 0 Å². The third kappa shape index (κ3) is 5.38. The van der Waals surface area contributed by atoms with Crippen LogP contribution in [0.15, 0.2) is 24.3 Å². The van der Waals surface area contributed by atoms with Gasteiger partial charge in [-0.25, -0.2) is 4.39 Å². The third-order valence-electron chi connectivity index (χ3n) is 2.54. The summed E-state index contributed by atoms with van der Waals surface area (Å²) in [6, 6.07) is 7.68. The van der Waals surface area contributed by atoms with Gasteiger partial charge in [0.1, 0.15) is 6.04 Å². The summed E-state index contributed by atoms with van der Waals surface area (Å²) in [4.78, 5) is 11.5. The molecule has 1 amide bonds. The van der Waals surface area contributed by atoms with Crippen LogP contribution in [-0.2, 0) is 4.79 Å². The van der Waals surface area contributed by atoms with Crippen LogP contribution in [0, 0.1) is 17.1 Å². The molecule has 102 valence electrons. The number of nitriles is 1. The first-order valence-electron chi connectivity index (χ1n) is 6.23. The van der Waals surface area contributed by atoms with Crippen LogP contribution in [0.1, 0.15) is 26.2 Å². The molecule has 0 saturated heterocycles. The van der Waals surface area contributed by atoms with E-state index in [1.165, 1.54) is 12.1 Å². The first kappa shape index (κ1) is 15.0. The molecule has 0 fully saturated rings. The fourth-order valence-corrected chi connectivity index (χ4v) is 1.47. The number of halogens is 1. The van der Waals surface area contributed by atoms with Crippen LogP contribution in [0.5, 0.6) is 5.75 Å². The van der Waals surface area contributed by atoms with Gasteiger partial charge in [0, 0.05) is 6.42 Å². The second-order valence-corrected chi connectivity index (χ2v) is 4.04. The van der Waals surface area contributed by atoms with Crippen LogP contribution in [0.25, 0.3) is 0 Å². The van der Waals surface area contributed by atoms with Crippen LogP contribution in [0.4, 0.5) is 4.39 Å². The molecular weight excluding hydrogens is 247 g/mol. The molecule has 0 saturated carbocycles. The van der Waals surface area contributed by atoms with Crippen molar-refractivity contribution in [3.8, 4) is 11.8 Å². The zero-order valence-electron chi connectivity index (χ0n) is 10.9. The topological polar surface area (TPSA) is 62.1 Å². The van der Waals surface area contributed by atoms with Crippen LogP contribution >= 0.6 is 0 Å². The lowest BCUT2D eigenvalue weighted by Crippen LogP contribution is -2.33. The fourth-order valence-electron chi connectivity index (χ4n) is 1.47. The lowest BCUT2D eigenvalue weighted by atomic mass is 10.2. The Bertz CT molecular complexity index is 457. The fraction of sp³-hybridized carbons (Fsp3) is 0.429. The Morgan fingerprint density at radius 2 is 2.26 bits per heavy atom. The number of ether oxygens (including phenoxy) is 1. The van der Waals surface area contributed by atoms with E-state index in [9.17, 15) is 9.18 Å². The van der Waals surface area contributed by atoms with E-state index in [2.05, 4.69) is 5.32 Å². The van der Waals surface area contributed by atoms with E-state index >= 15 is 0 Å². The summed E-state index contributed by atoms with van der Waals surface area (Å²) in [5.74, 6) is -0.417. The summed E-state index contributed by atoms with van der Waals surface area (Å²) in [5.41, 5.74) is 0. The summed E-state index contributed by atoms with van der Waals surface area (Å²) >= 11 is 0. The minimum Gasteiger partial charge on any atom is -0.491 e. The number of carbonyl (C=O) groups excluding carboxylic acids is 1. The minimum atomic E-state index is -0.444. The lowest BCUT2D eigenvalue weighted by Gasteiger charge is -2.09. The van der Waals surface area contributed by atoms with Gasteiger partial charge in [0.15, 0.2) is 11.6 Å². The quantitative estimate of drug-likeness (QED) is 0.769. The lowest BCUT2D eigenvalue weighted by molar-refractivity contribution is -0.121. The van der Waals surface area contributed by atoms with Gasteiger partial charge in [-0.1, -0.05) is 19.1 Å². The van der Waals surface area contributed by atoms with Crippen molar-refractivity contribution in [1.82, 2.24) is 5.32 Å². The molecule has 19 heavy (non-hydrogen) atoms. The molecule has 0 aliphatic rings. The molecule has 1 aromatic rings. The number of nitrogens with zero attached hydrogens (tertiary/aromatic N) is 1. The summed E-state index contributed by atoms with van der Waals surface area (Å²) in [6.07, 6.45) is 1.31. The standard InChI is InChI=1S/C14H17FN2O2/c1-2-11(10-16)17-14(18)8-5-9-19-13-7-4-3-6-12(13)15/h3-4,6-7,11H,2,5,8-9H2,1H3,(H,17,18)/t11-/m0/s1. The number of nitrogens with one attached hydrogen (secondary N) is 1. The Labute approximate surface area is 112 Å². The maximum Gasteiger partial charge on any atom is 0.221 e. The minimum absolute atomic E-state index is 0.186. The van der Waals surface area contributed by atoms with Crippen molar-refractivity contribution in [1.29, 1.82) is 5.26 Å². The first-order valence-corrected chi connectivity index (χ1v) is 6.23. The summed E-state index contributed by atoms with van der Waals surface area (Å²) in [5, 5.41) is 11.3. The molecular formula is C14H17FN2O2. The molecule has 0 aliphatic heterocycles. The average Bonchev–Trinajstić information content (AvgIpc) is 2.42. The summed E-state index contributed by atoms with van der Waals surface area (Å²) in [7, 11) is 0. The van der Waals surface area contributed by atoms with Gasteiger partial charge in [-0.2, -0.15) is 5.26 Å². The molecule has 0 radical (unpaired) electrons. The number of hydrogen-bond donors (Lipinski definition) is 1. The number of carbonyl (C=O) groups is 1. The largest absolute Gasteiger partial charge is 0.491 e. The zero-order valence-corrected chi connectivity index (χ0v) is 10.9. The van der Waals surface area contributed by atoms with Gasteiger partial charge in [-0.05, 0) is 25.0 Å². The van der Waals surface area contributed by atoms with Gasteiger partial charge in [0.25, 0.3) is 0 Å². The second kappa shape index (κ2) is 8.09. The molecule has 1 atom stereocenters. The number of amides is 1. The van der Waals surface area contributed by atoms with E-state index in [4.69, 9.17) is 10.00 Å². The number of para-hydroxylation sites is 1. The highest BCUT2D eigenvalue weighted by molar-refractivity contribution is 5.76. The second-order valence-electron chi connectivity index (χ2n) is 4.04. The van der Waals surface area contributed by atoms with Gasteiger partial charge >= 0.3 is 0 Å². The van der Waals surface area contributed by atoms with E-state index in [0.717, 1.165) is 0 Å². The Balaban J connectivity index is 2.23. The van der Waals surface area contributed by atoms with Crippen molar-refractivity contribution in [3.63, 3.8) is 0 Å². The normalized spacial score (nSPS) is 11.4. The van der Waals surface area contributed by atoms with Crippen molar-refractivity contribution in [3.05, 3.63) is 30.1 Å². The predicted molar refractivity (Wildman–Crippen MR) is 69.0 cm³/mol. The molecule has 0 spiro atoms. The monoisotopic (exact) mass is 264 g/mol. The van der Waals surface area contributed by atoms with Crippen molar-refractivity contribution in [2.75, 3.05) is 6.61 Å². The third-order valence-corrected chi connectivity index (χ3v) is 2.54. The maximum atomic E-state index is 13.2. The molecule has 0 bridgehead atoms. The van der Waals surface area contributed by atoms with Crippen molar-refractivity contribution in [2.24, 2.45) is 0 Å². The molecule has 0 aliphatic carbocycles. The van der Waals surface area contributed by atoms with E-state index in [0.29, 0.717) is 12.8 Å². The van der Waals surface area contributed by atoms with E-state index in [1.54, 1.807) is 12.1 Å². The van der Waals surface area contributed by atoms with Crippen molar-refractivity contribution < 1.29 is 13.9 Å². The predicted octanol–water partition coefficient (Wildman–Crippen LogP) is 2.40. The molecule has 1 N–H and O–H groups in total. The van der Waals surface area contributed by atoms with Crippen LogP contribution in [0.2, 0.25) is 0 Å². The Morgan fingerprint density at radius 1 is 1.53 bits per heavy atom. The molecule has 0 unspecified atom stereocenters.